The van der Waals surface area contributed by atoms with Gasteiger partial charge in [0.15, 0.2) is 0 Å². The van der Waals surface area contributed by atoms with E-state index in [1.807, 2.05) is 30.5 Å². The molecule has 2 aromatic carbocycles. The van der Waals surface area contributed by atoms with Gasteiger partial charge >= 0.3 is 0 Å². The van der Waals surface area contributed by atoms with Gasteiger partial charge in [0.05, 0.1) is 7.11 Å². The molecule has 0 aliphatic carbocycles. The van der Waals surface area contributed by atoms with E-state index in [1.54, 1.807) is 13.2 Å². The first-order valence-electron chi connectivity index (χ1n) is 6.28. The Labute approximate surface area is 116 Å². The summed E-state index contributed by atoms with van der Waals surface area (Å²) in [7, 11) is 1.62. The fraction of sp³-hybridized carbons (Fsp3) is 0.125. The van der Waals surface area contributed by atoms with Crippen molar-refractivity contribution in [2.45, 2.75) is 6.61 Å². The van der Waals surface area contributed by atoms with E-state index >= 15 is 0 Å². The van der Waals surface area contributed by atoms with Gasteiger partial charge in [-0.05, 0) is 30.3 Å². The summed E-state index contributed by atoms with van der Waals surface area (Å²) in [6.07, 6.45) is 1.84. The number of H-pyrrole nitrogens is 1. The highest BCUT2D eigenvalue weighted by atomic mass is 19.1. The smallest absolute Gasteiger partial charge is 0.125 e. The number of methoxy groups -OCH3 is 1. The first-order chi connectivity index (χ1) is 9.76. The van der Waals surface area contributed by atoms with Crippen LogP contribution in [0.3, 0.4) is 0 Å². The fourth-order valence-electron chi connectivity index (χ4n) is 2.13. The van der Waals surface area contributed by atoms with Gasteiger partial charge in [-0.3, -0.25) is 0 Å². The van der Waals surface area contributed by atoms with Gasteiger partial charge in [-0.25, -0.2) is 4.39 Å². The summed E-state index contributed by atoms with van der Waals surface area (Å²) in [6.45, 7) is 0.415. The second-order valence-electron chi connectivity index (χ2n) is 4.47. The minimum Gasteiger partial charge on any atom is -0.497 e. The molecule has 1 N–H and O–H groups in total. The lowest BCUT2D eigenvalue weighted by molar-refractivity contribution is 0.305. The Balaban J connectivity index is 1.79. The molecule has 3 nitrogen and oxygen atoms in total. The second-order valence-corrected chi connectivity index (χ2v) is 4.47. The lowest BCUT2D eigenvalue weighted by atomic mass is 10.2. The summed E-state index contributed by atoms with van der Waals surface area (Å²) < 4.78 is 24.0. The van der Waals surface area contributed by atoms with Crippen LogP contribution >= 0.6 is 0 Å². The first kappa shape index (κ1) is 12.5. The molecule has 20 heavy (non-hydrogen) atoms. The van der Waals surface area contributed by atoms with Crippen LogP contribution in [-0.4, -0.2) is 12.1 Å². The van der Waals surface area contributed by atoms with Crippen molar-refractivity contribution in [3.63, 3.8) is 0 Å². The largest absolute Gasteiger partial charge is 0.497 e. The van der Waals surface area contributed by atoms with E-state index in [0.29, 0.717) is 6.61 Å². The molecule has 4 heteroatoms. The summed E-state index contributed by atoms with van der Waals surface area (Å²) in [5.74, 6) is 1.24. The van der Waals surface area contributed by atoms with Crippen LogP contribution in [0.25, 0.3) is 10.9 Å². The highest BCUT2D eigenvalue weighted by Crippen LogP contribution is 2.23. The van der Waals surface area contributed by atoms with Crippen LogP contribution in [0.1, 0.15) is 5.56 Å². The van der Waals surface area contributed by atoms with E-state index in [4.69, 9.17) is 9.47 Å². The highest BCUT2D eigenvalue weighted by molar-refractivity contribution is 5.83. The van der Waals surface area contributed by atoms with Crippen LogP contribution in [0.15, 0.2) is 48.7 Å². The van der Waals surface area contributed by atoms with Gasteiger partial charge in [0, 0.05) is 28.7 Å². The third-order valence-corrected chi connectivity index (χ3v) is 3.17. The summed E-state index contributed by atoms with van der Waals surface area (Å²) in [5.41, 5.74) is 1.76. The zero-order valence-electron chi connectivity index (χ0n) is 11.0. The van der Waals surface area contributed by atoms with Crippen molar-refractivity contribution >= 4 is 10.9 Å². The van der Waals surface area contributed by atoms with Crippen LogP contribution in [0.5, 0.6) is 11.5 Å². The molecule has 0 aliphatic heterocycles. The Kier molecular flexibility index (Phi) is 3.29. The maximum Gasteiger partial charge on any atom is 0.125 e. The molecular weight excluding hydrogens is 257 g/mol. The van der Waals surface area contributed by atoms with E-state index in [-0.39, 0.29) is 5.82 Å². The number of rotatable bonds is 4. The average molecular weight is 271 g/mol. The lowest BCUT2D eigenvalue weighted by Crippen LogP contribution is -1.94. The van der Waals surface area contributed by atoms with Crippen molar-refractivity contribution in [3.05, 3.63) is 60.0 Å². The summed E-state index contributed by atoms with van der Waals surface area (Å²) in [6, 6.07) is 12.1. The summed E-state index contributed by atoms with van der Waals surface area (Å²) in [5, 5.41) is 0.967. The molecule has 0 amide bonds. The third-order valence-electron chi connectivity index (χ3n) is 3.17. The molecule has 0 unspecified atom stereocenters. The number of aromatic nitrogens is 1. The fourth-order valence-corrected chi connectivity index (χ4v) is 2.13. The van der Waals surface area contributed by atoms with Crippen LogP contribution in [0, 0.1) is 5.82 Å². The van der Waals surface area contributed by atoms with Crippen LogP contribution < -0.4 is 9.47 Å². The van der Waals surface area contributed by atoms with Gasteiger partial charge in [0.25, 0.3) is 0 Å². The summed E-state index contributed by atoms with van der Waals surface area (Å²) in [4.78, 5) is 3.04. The molecule has 0 saturated heterocycles. The zero-order valence-corrected chi connectivity index (χ0v) is 11.0. The van der Waals surface area contributed by atoms with Crippen molar-refractivity contribution in [3.8, 4) is 11.5 Å². The maximum atomic E-state index is 13.1. The Bertz CT molecular complexity index is 736. The lowest BCUT2D eigenvalue weighted by Gasteiger charge is -2.07. The van der Waals surface area contributed by atoms with Crippen LogP contribution in [0.4, 0.5) is 4.39 Å². The Morgan fingerprint density at radius 2 is 1.95 bits per heavy atom. The van der Waals surface area contributed by atoms with Gasteiger partial charge in [-0.1, -0.05) is 6.07 Å². The summed E-state index contributed by atoms with van der Waals surface area (Å²) >= 11 is 0. The Morgan fingerprint density at radius 3 is 2.80 bits per heavy atom. The number of fused-ring (bicyclic) bond motifs is 1. The van der Waals surface area contributed by atoms with Gasteiger partial charge in [0.2, 0.25) is 0 Å². The molecule has 0 bridgehead atoms. The van der Waals surface area contributed by atoms with Crippen molar-refractivity contribution in [1.29, 1.82) is 0 Å². The normalized spacial score (nSPS) is 10.7. The molecule has 0 radical (unpaired) electrons. The van der Waals surface area contributed by atoms with E-state index in [0.717, 1.165) is 28.0 Å². The predicted octanol–water partition coefficient (Wildman–Crippen LogP) is 3.89. The molecule has 0 atom stereocenters. The number of aromatic amines is 1. The highest BCUT2D eigenvalue weighted by Gasteiger charge is 2.05. The number of hydrogen-bond acceptors (Lipinski definition) is 2. The third kappa shape index (κ3) is 2.45. The molecule has 0 aliphatic rings. The number of nitrogens with one attached hydrogen (secondary N) is 1. The van der Waals surface area contributed by atoms with E-state index in [1.165, 1.54) is 12.1 Å². The van der Waals surface area contributed by atoms with Gasteiger partial charge in [-0.2, -0.15) is 0 Å². The topological polar surface area (TPSA) is 34.2 Å². The van der Waals surface area contributed by atoms with Crippen molar-refractivity contribution in [2.24, 2.45) is 0 Å². The molecule has 3 aromatic rings. The predicted molar refractivity (Wildman–Crippen MR) is 75.6 cm³/mol. The molecular formula is C16H14FNO2. The molecule has 0 fully saturated rings. The second kappa shape index (κ2) is 5.25. The van der Waals surface area contributed by atoms with E-state index < -0.39 is 0 Å². The zero-order chi connectivity index (χ0) is 13.9. The van der Waals surface area contributed by atoms with Crippen molar-refractivity contribution in [1.82, 2.24) is 4.98 Å². The van der Waals surface area contributed by atoms with E-state index in [9.17, 15) is 4.39 Å². The first-order valence-corrected chi connectivity index (χ1v) is 6.28. The van der Waals surface area contributed by atoms with Crippen molar-refractivity contribution < 1.29 is 13.9 Å². The number of hydrogen-bond donors (Lipinski definition) is 1. The van der Waals surface area contributed by atoms with Crippen molar-refractivity contribution in [2.75, 3.05) is 7.11 Å². The molecule has 1 aromatic heterocycles. The average Bonchev–Trinajstić information content (AvgIpc) is 2.87. The minimum atomic E-state index is -0.250. The maximum absolute atomic E-state index is 13.1. The molecule has 1 heterocycles. The molecule has 0 spiro atoms. The Hall–Kier alpha value is -2.49. The SMILES string of the molecule is COc1cccc(OCc2c[nH]c3cc(F)ccc23)c1. The molecule has 102 valence electrons. The van der Waals surface area contributed by atoms with Crippen LogP contribution in [0.2, 0.25) is 0 Å². The standard InChI is InChI=1S/C16H14FNO2/c1-19-13-3-2-4-14(8-13)20-10-11-9-18-16-7-12(17)5-6-15(11)16/h2-9,18H,10H2,1H3. The number of ether oxygens (including phenoxy) is 2. The van der Waals surface area contributed by atoms with E-state index in [2.05, 4.69) is 4.98 Å². The Morgan fingerprint density at radius 1 is 1.10 bits per heavy atom. The minimum absolute atomic E-state index is 0.250. The van der Waals surface area contributed by atoms with Gasteiger partial charge in [0.1, 0.15) is 23.9 Å². The quantitative estimate of drug-likeness (QED) is 0.781. The monoisotopic (exact) mass is 271 g/mol. The number of halogens is 1. The van der Waals surface area contributed by atoms with Gasteiger partial charge < -0.3 is 14.5 Å². The van der Waals surface area contributed by atoms with Gasteiger partial charge in [-0.15, -0.1) is 0 Å². The molecule has 0 saturated carbocycles. The molecule has 3 rings (SSSR count). The van der Waals surface area contributed by atoms with Crippen LogP contribution in [-0.2, 0) is 6.61 Å². The number of benzene rings is 2.